The third-order valence-electron chi connectivity index (χ3n) is 3.92. The van der Waals surface area contributed by atoms with E-state index in [4.69, 9.17) is 5.73 Å². The minimum atomic E-state index is -0.171. The second-order valence-corrected chi connectivity index (χ2v) is 6.01. The van der Waals surface area contributed by atoms with E-state index in [1.807, 2.05) is 19.1 Å². The van der Waals surface area contributed by atoms with Crippen LogP contribution in [0.1, 0.15) is 50.3 Å². The van der Waals surface area contributed by atoms with Crippen molar-refractivity contribution in [3.8, 4) is 0 Å². The predicted molar refractivity (Wildman–Crippen MR) is 87.7 cm³/mol. The lowest BCUT2D eigenvalue weighted by atomic mass is 10.1. The third-order valence-corrected chi connectivity index (χ3v) is 3.92. The van der Waals surface area contributed by atoms with E-state index in [-0.39, 0.29) is 11.9 Å². The quantitative estimate of drug-likeness (QED) is 0.688. The summed E-state index contributed by atoms with van der Waals surface area (Å²) in [6.07, 6.45) is 3.47. The molecule has 0 amide bonds. The molecule has 1 rings (SSSR count). The molecule has 2 atom stereocenters. The van der Waals surface area contributed by atoms with E-state index in [0.29, 0.717) is 18.2 Å². The number of rotatable bonds is 9. The van der Waals surface area contributed by atoms with E-state index in [2.05, 4.69) is 31.2 Å². The molecule has 21 heavy (non-hydrogen) atoms. The van der Waals surface area contributed by atoms with E-state index in [1.165, 1.54) is 12.8 Å². The predicted octanol–water partition coefficient (Wildman–Crippen LogP) is 3.06. The Morgan fingerprint density at radius 2 is 2.00 bits per heavy atom. The number of halogens is 1. The zero-order valence-electron chi connectivity index (χ0n) is 13.8. The Balaban J connectivity index is 2.42. The first-order chi connectivity index (χ1) is 9.95. The highest BCUT2D eigenvalue weighted by Crippen LogP contribution is 2.15. The van der Waals surface area contributed by atoms with Gasteiger partial charge < -0.3 is 16.0 Å². The lowest BCUT2D eigenvalue weighted by Gasteiger charge is -2.24. The van der Waals surface area contributed by atoms with Crippen molar-refractivity contribution in [2.24, 2.45) is 5.73 Å². The minimum absolute atomic E-state index is 0.128. The first-order valence-corrected chi connectivity index (χ1v) is 7.86. The highest BCUT2D eigenvalue weighted by atomic mass is 19.1. The van der Waals surface area contributed by atoms with Crippen LogP contribution in [0.3, 0.4) is 0 Å². The lowest BCUT2D eigenvalue weighted by molar-refractivity contribution is 0.260. The van der Waals surface area contributed by atoms with Gasteiger partial charge in [-0.25, -0.2) is 4.39 Å². The van der Waals surface area contributed by atoms with Crippen LogP contribution in [0.4, 0.5) is 4.39 Å². The molecular formula is C17H30FN3. The molecule has 0 saturated heterocycles. The van der Waals surface area contributed by atoms with Crippen LogP contribution in [0.25, 0.3) is 0 Å². The number of hydrogen-bond acceptors (Lipinski definition) is 3. The molecule has 0 radical (unpaired) electrons. The van der Waals surface area contributed by atoms with Gasteiger partial charge in [0.2, 0.25) is 0 Å². The summed E-state index contributed by atoms with van der Waals surface area (Å²) in [5.41, 5.74) is 7.30. The van der Waals surface area contributed by atoms with Gasteiger partial charge in [0.25, 0.3) is 0 Å². The summed E-state index contributed by atoms with van der Waals surface area (Å²) < 4.78 is 13.9. The lowest BCUT2D eigenvalue weighted by Crippen LogP contribution is -2.31. The molecule has 0 aliphatic heterocycles. The van der Waals surface area contributed by atoms with Gasteiger partial charge in [-0.15, -0.1) is 0 Å². The monoisotopic (exact) mass is 295 g/mol. The molecule has 1 aromatic carbocycles. The molecule has 0 aromatic heterocycles. The van der Waals surface area contributed by atoms with Crippen molar-refractivity contribution in [1.82, 2.24) is 10.2 Å². The molecule has 0 saturated carbocycles. The molecule has 0 aliphatic carbocycles. The van der Waals surface area contributed by atoms with Crippen LogP contribution in [-0.2, 0) is 6.54 Å². The van der Waals surface area contributed by atoms with E-state index < -0.39 is 0 Å². The van der Waals surface area contributed by atoms with Gasteiger partial charge in [0.05, 0.1) is 0 Å². The smallest absolute Gasteiger partial charge is 0.128 e. The van der Waals surface area contributed by atoms with Gasteiger partial charge in [-0.3, -0.25) is 0 Å². The van der Waals surface area contributed by atoms with E-state index >= 15 is 0 Å². The summed E-state index contributed by atoms with van der Waals surface area (Å²) in [4.78, 5) is 2.27. The average Bonchev–Trinajstić information content (AvgIpc) is 2.43. The van der Waals surface area contributed by atoms with Crippen molar-refractivity contribution in [3.63, 3.8) is 0 Å². The minimum Gasteiger partial charge on any atom is -0.324 e. The van der Waals surface area contributed by atoms with Gasteiger partial charge in [0.1, 0.15) is 5.82 Å². The van der Waals surface area contributed by atoms with Gasteiger partial charge in [0.15, 0.2) is 0 Å². The Morgan fingerprint density at radius 1 is 1.29 bits per heavy atom. The Hall–Kier alpha value is -0.970. The standard InChI is InChI=1S/C17H30FN3/c1-5-6-16(21(3)4)9-10-20-12-15-8-7-14(13(2)19)11-17(15)18/h7-8,11,13,16,20H,5-6,9-10,12,19H2,1-4H3. The van der Waals surface area contributed by atoms with Crippen LogP contribution < -0.4 is 11.1 Å². The van der Waals surface area contributed by atoms with Gasteiger partial charge in [-0.2, -0.15) is 0 Å². The van der Waals surface area contributed by atoms with Crippen molar-refractivity contribution in [3.05, 3.63) is 35.1 Å². The Morgan fingerprint density at radius 3 is 2.52 bits per heavy atom. The van der Waals surface area contributed by atoms with E-state index in [0.717, 1.165) is 18.5 Å². The molecule has 0 aliphatic rings. The van der Waals surface area contributed by atoms with Crippen LogP contribution in [0.2, 0.25) is 0 Å². The Bertz CT molecular complexity index is 418. The molecule has 4 heteroatoms. The average molecular weight is 295 g/mol. The summed E-state index contributed by atoms with van der Waals surface area (Å²) >= 11 is 0. The summed E-state index contributed by atoms with van der Waals surface area (Å²) in [7, 11) is 4.24. The van der Waals surface area contributed by atoms with Gasteiger partial charge in [-0.05, 0) is 52.0 Å². The maximum atomic E-state index is 13.9. The highest BCUT2D eigenvalue weighted by Gasteiger charge is 2.10. The van der Waals surface area contributed by atoms with Crippen LogP contribution in [-0.4, -0.2) is 31.6 Å². The second kappa shape index (κ2) is 9.13. The van der Waals surface area contributed by atoms with Gasteiger partial charge in [0, 0.05) is 24.2 Å². The van der Waals surface area contributed by atoms with Gasteiger partial charge in [-0.1, -0.05) is 25.5 Å². The molecule has 120 valence electrons. The molecule has 0 fully saturated rings. The number of nitrogens with two attached hydrogens (primary N) is 1. The molecule has 3 nitrogen and oxygen atoms in total. The molecule has 0 heterocycles. The van der Waals surface area contributed by atoms with Crippen LogP contribution in [0, 0.1) is 5.82 Å². The fourth-order valence-corrected chi connectivity index (χ4v) is 2.48. The highest BCUT2D eigenvalue weighted by molar-refractivity contribution is 5.26. The summed E-state index contributed by atoms with van der Waals surface area (Å²) in [5, 5.41) is 3.34. The number of hydrogen-bond donors (Lipinski definition) is 2. The number of nitrogens with zero attached hydrogens (tertiary/aromatic N) is 1. The largest absolute Gasteiger partial charge is 0.324 e. The molecule has 3 N–H and O–H groups in total. The topological polar surface area (TPSA) is 41.3 Å². The summed E-state index contributed by atoms with van der Waals surface area (Å²) in [6, 6.07) is 5.74. The van der Waals surface area contributed by atoms with Crippen molar-refractivity contribution in [2.75, 3.05) is 20.6 Å². The van der Waals surface area contributed by atoms with E-state index in [1.54, 1.807) is 6.07 Å². The van der Waals surface area contributed by atoms with Crippen molar-refractivity contribution < 1.29 is 4.39 Å². The maximum Gasteiger partial charge on any atom is 0.128 e. The molecule has 2 unspecified atom stereocenters. The first kappa shape index (κ1) is 18.1. The molecule has 1 aromatic rings. The Labute approximate surface area is 128 Å². The molecule has 0 spiro atoms. The maximum absolute atomic E-state index is 13.9. The fraction of sp³-hybridized carbons (Fsp3) is 0.647. The number of nitrogens with one attached hydrogen (secondary N) is 1. The zero-order chi connectivity index (χ0) is 15.8. The zero-order valence-corrected chi connectivity index (χ0v) is 13.8. The van der Waals surface area contributed by atoms with Gasteiger partial charge >= 0.3 is 0 Å². The van der Waals surface area contributed by atoms with E-state index in [9.17, 15) is 4.39 Å². The van der Waals surface area contributed by atoms with Crippen LogP contribution in [0.5, 0.6) is 0 Å². The fourth-order valence-electron chi connectivity index (χ4n) is 2.48. The summed E-state index contributed by atoms with van der Waals surface area (Å²) in [6.45, 7) is 5.54. The normalized spacial score (nSPS) is 14.4. The Kier molecular flexibility index (Phi) is 7.86. The molecular weight excluding hydrogens is 265 g/mol. The van der Waals surface area contributed by atoms with Crippen molar-refractivity contribution in [2.45, 2.75) is 51.7 Å². The SMILES string of the molecule is CCCC(CCNCc1ccc(C(C)N)cc1F)N(C)C. The van der Waals surface area contributed by atoms with Crippen molar-refractivity contribution in [1.29, 1.82) is 0 Å². The number of benzene rings is 1. The van der Waals surface area contributed by atoms with Crippen LogP contribution in [0.15, 0.2) is 18.2 Å². The summed E-state index contributed by atoms with van der Waals surface area (Å²) in [5.74, 6) is -0.171. The first-order valence-electron chi connectivity index (χ1n) is 7.86. The third kappa shape index (κ3) is 6.12. The van der Waals surface area contributed by atoms with Crippen LogP contribution >= 0.6 is 0 Å². The molecule has 0 bridgehead atoms. The second-order valence-electron chi connectivity index (χ2n) is 6.01. The van der Waals surface area contributed by atoms with Crippen molar-refractivity contribution >= 4 is 0 Å².